The Morgan fingerprint density at radius 1 is 1.58 bits per heavy atom. The molecule has 0 spiro atoms. The van der Waals surface area contributed by atoms with Gasteiger partial charge in [-0.25, -0.2) is 4.98 Å². The van der Waals surface area contributed by atoms with E-state index in [4.69, 9.17) is 11.6 Å². The highest BCUT2D eigenvalue weighted by atomic mass is 79.9. The van der Waals surface area contributed by atoms with Gasteiger partial charge in [0, 0.05) is 18.6 Å². The maximum atomic E-state index is 5.97. The van der Waals surface area contributed by atoms with Gasteiger partial charge in [0.2, 0.25) is 0 Å². The second-order valence-electron chi connectivity index (χ2n) is 2.56. The Hall–Kier alpha value is -0.540. The number of aryl methyl sites for hydroxylation is 1. The van der Waals surface area contributed by atoms with Crippen LogP contribution in [0.3, 0.4) is 0 Å². The first-order valence-electron chi connectivity index (χ1n) is 3.45. The monoisotopic (exact) mass is 244 g/mol. The molecule has 2 aromatic rings. The number of nitrogens with zero attached hydrogens (tertiary/aromatic N) is 2. The molecular weight excluding hydrogens is 239 g/mol. The summed E-state index contributed by atoms with van der Waals surface area (Å²) in [6.07, 6.45) is 1.71. The zero-order valence-electron chi connectivity index (χ0n) is 6.38. The van der Waals surface area contributed by atoms with Crippen LogP contribution in [0.1, 0.15) is 0 Å². The SMILES string of the molecule is Cn1c(Br)cc2c(Cl)ccnc21. The molecule has 12 heavy (non-hydrogen) atoms. The Morgan fingerprint density at radius 3 is 3.00 bits per heavy atom. The molecule has 2 heterocycles. The van der Waals surface area contributed by atoms with Crippen molar-refractivity contribution in [1.82, 2.24) is 9.55 Å². The first-order valence-corrected chi connectivity index (χ1v) is 4.62. The van der Waals surface area contributed by atoms with Gasteiger partial charge in [-0.3, -0.25) is 0 Å². The van der Waals surface area contributed by atoms with Crippen LogP contribution >= 0.6 is 27.5 Å². The van der Waals surface area contributed by atoms with E-state index in [0.717, 1.165) is 20.7 Å². The van der Waals surface area contributed by atoms with E-state index < -0.39 is 0 Å². The minimum absolute atomic E-state index is 0.737. The average Bonchev–Trinajstić information content (AvgIpc) is 2.32. The lowest BCUT2D eigenvalue weighted by Crippen LogP contribution is -1.88. The summed E-state index contributed by atoms with van der Waals surface area (Å²) >= 11 is 9.38. The molecule has 0 unspecified atom stereocenters. The highest BCUT2D eigenvalue weighted by molar-refractivity contribution is 9.10. The van der Waals surface area contributed by atoms with Crippen molar-refractivity contribution in [3.63, 3.8) is 0 Å². The van der Waals surface area contributed by atoms with Crippen molar-refractivity contribution >= 4 is 38.6 Å². The molecular formula is C8H6BrClN2. The number of rotatable bonds is 0. The molecule has 0 radical (unpaired) electrons. The van der Waals surface area contributed by atoms with E-state index in [1.165, 1.54) is 0 Å². The molecule has 2 nitrogen and oxygen atoms in total. The first-order chi connectivity index (χ1) is 5.70. The summed E-state index contributed by atoms with van der Waals surface area (Å²) in [5.74, 6) is 0. The maximum absolute atomic E-state index is 5.97. The second kappa shape index (κ2) is 2.75. The summed E-state index contributed by atoms with van der Waals surface area (Å²) in [6, 6.07) is 3.75. The van der Waals surface area contributed by atoms with Gasteiger partial charge < -0.3 is 4.57 Å². The van der Waals surface area contributed by atoms with Crippen LogP contribution in [0.2, 0.25) is 5.02 Å². The van der Waals surface area contributed by atoms with Crippen LogP contribution in [0.5, 0.6) is 0 Å². The Kier molecular flexibility index (Phi) is 1.85. The summed E-state index contributed by atoms with van der Waals surface area (Å²) < 4.78 is 2.93. The van der Waals surface area contributed by atoms with Crippen molar-refractivity contribution < 1.29 is 0 Å². The Labute approximate surface area is 83.3 Å². The van der Waals surface area contributed by atoms with Crippen LogP contribution in [0, 0.1) is 0 Å². The summed E-state index contributed by atoms with van der Waals surface area (Å²) in [7, 11) is 1.94. The third kappa shape index (κ3) is 1.04. The molecule has 62 valence electrons. The van der Waals surface area contributed by atoms with Crippen LogP contribution in [-0.4, -0.2) is 9.55 Å². The minimum Gasteiger partial charge on any atom is -0.323 e. The van der Waals surface area contributed by atoms with Crippen LogP contribution in [0.15, 0.2) is 22.9 Å². The number of fused-ring (bicyclic) bond motifs is 1. The smallest absolute Gasteiger partial charge is 0.141 e. The molecule has 0 saturated heterocycles. The summed E-state index contributed by atoms with van der Waals surface area (Å²) in [5, 5.41) is 1.72. The van der Waals surface area contributed by atoms with Crippen LogP contribution < -0.4 is 0 Å². The van der Waals surface area contributed by atoms with Gasteiger partial charge in [-0.05, 0) is 28.1 Å². The molecule has 0 aliphatic heterocycles. The Balaban J connectivity index is 2.95. The van der Waals surface area contributed by atoms with Gasteiger partial charge in [0.15, 0.2) is 0 Å². The fourth-order valence-corrected chi connectivity index (χ4v) is 1.75. The van der Waals surface area contributed by atoms with Crippen LogP contribution in [-0.2, 0) is 7.05 Å². The largest absolute Gasteiger partial charge is 0.323 e. The van der Waals surface area contributed by atoms with Gasteiger partial charge in [-0.15, -0.1) is 0 Å². The third-order valence-electron chi connectivity index (χ3n) is 1.82. The van der Waals surface area contributed by atoms with Crippen molar-refractivity contribution in [3.05, 3.63) is 28.0 Å². The number of hydrogen-bond donors (Lipinski definition) is 0. The zero-order valence-corrected chi connectivity index (χ0v) is 8.72. The topological polar surface area (TPSA) is 17.8 Å². The number of hydrogen-bond acceptors (Lipinski definition) is 1. The Bertz CT molecular complexity index is 436. The molecule has 4 heteroatoms. The fraction of sp³-hybridized carbons (Fsp3) is 0.125. The van der Waals surface area contributed by atoms with Gasteiger partial charge in [0.1, 0.15) is 5.65 Å². The van der Waals surface area contributed by atoms with E-state index in [1.807, 2.05) is 17.7 Å². The van der Waals surface area contributed by atoms with Crippen LogP contribution in [0.4, 0.5) is 0 Å². The minimum atomic E-state index is 0.737. The van der Waals surface area contributed by atoms with Gasteiger partial charge in [0.25, 0.3) is 0 Å². The maximum Gasteiger partial charge on any atom is 0.141 e. The molecule has 0 bridgehead atoms. The molecule has 0 aliphatic rings. The Morgan fingerprint density at radius 2 is 2.33 bits per heavy atom. The van der Waals surface area contributed by atoms with Gasteiger partial charge >= 0.3 is 0 Å². The van der Waals surface area contributed by atoms with E-state index in [0.29, 0.717) is 0 Å². The molecule has 0 N–H and O–H groups in total. The van der Waals surface area contributed by atoms with Crippen LogP contribution in [0.25, 0.3) is 11.0 Å². The lowest BCUT2D eigenvalue weighted by atomic mass is 10.3. The van der Waals surface area contributed by atoms with Gasteiger partial charge in [-0.2, -0.15) is 0 Å². The lowest BCUT2D eigenvalue weighted by Gasteiger charge is -1.95. The van der Waals surface area contributed by atoms with E-state index in [2.05, 4.69) is 20.9 Å². The molecule has 2 aromatic heterocycles. The summed E-state index contributed by atoms with van der Waals surface area (Å²) in [6.45, 7) is 0. The molecule has 0 aromatic carbocycles. The van der Waals surface area contributed by atoms with E-state index in [9.17, 15) is 0 Å². The van der Waals surface area contributed by atoms with Gasteiger partial charge in [-0.1, -0.05) is 11.6 Å². The first kappa shape index (κ1) is 8.08. The standard InChI is InChI=1S/C8H6BrClN2/c1-12-7(9)4-5-6(10)2-3-11-8(5)12/h2-4H,1H3. The third-order valence-corrected chi connectivity index (χ3v) is 2.91. The van der Waals surface area contributed by atoms with Crippen molar-refractivity contribution in [3.8, 4) is 0 Å². The lowest BCUT2D eigenvalue weighted by molar-refractivity contribution is 0.922. The molecule has 0 aliphatic carbocycles. The predicted octanol–water partition coefficient (Wildman–Crippen LogP) is 2.99. The molecule has 0 amide bonds. The fourth-order valence-electron chi connectivity index (χ4n) is 1.16. The van der Waals surface area contributed by atoms with Crippen molar-refractivity contribution in [1.29, 1.82) is 0 Å². The summed E-state index contributed by atoms with van der Waals surface area (Å²) in [4.78, 5) is 4.21. The molecule has 0 saturated carbocycles. The number of aromatic nitrogens is 2. The second-order valence-corrected chi connectivity index (χ2v) is 3.78. The van der Waals surface area contributed by atoms with Gasteiger partial charge in [0.05, 0.1) is 9.63 Å². The van der Waals surface area contributed by atoms with E-state index in [1.54, 1.807) is 12.3 Å². The molecule has 2 rings (SSSR count). The summed E-state index contributed by atoms with van der Waals surface area (Å²) in [5.41, 5.74) is 0.898. The molecule has 0 atom stereocenters. The van der Waals surface area contributed by atoms with Crippen molar-refractivity contribution in [2.24, 2.45) is 7.05 Å². The predicted molar refractivity (Wildman–Crippen MR) is 53.4 cm³/mol. The quantitative estimate of drug-likeness (QED) is 0.698. The van der Waals surface area contributed by atoms with E-state index in [-0.39, 0.29) is 0 Å². The number of halogens is 2. The average molecular weight is 246 g/mol. The normalized spacial score (nSPS) is 10.9. The van der Waals surface area contributed by atoms with Crippen molar-refractivity contribution in [2.45, 2.75) is 0 Å². The number of pyridine rings is 1. The van der Waals surface area contributed by atoms with Crippen molar-refractivity contribution in [2.75, 3.05) is 0 Å². The highest BCUT2D eigenvalue weighted by Crippen LogP contribution is 2.26. The highest BCUT2D eigenvalue weighted by Gasteiger charge is 2.06. The van der Waals surface area contributed by atoms with E-state index >= 15 is 0 Å². The molecule has 0 fully saturated rings. The zero-order chi connectivity index (χ0) is 8.72.